The summed E-state index contributed by atoms with van der Waals surface area (Å²) in [7, 11) is 1.59. The van der Waals surface area contributed by atoms with Crippen molar-refractivity contribution >= 4 is 5.97 Å². The largest absolute Gasteiger partial charge is 0.496 e. The first-order chi connectivity index (χ1) is 9.17. The highest BCUT2D eigenvalue weighted by Crippen LogP contribution is 2.29. The number of hydrogen-bond acceptors (Lipinski definition) is 3. The third-order valence-electron chi connectivity index (χ3n) is 2.81. The molecule has 0 atom stereocenters. The van der Waals surface area contributed by atoms with E-state index in [9.17, 15) is 4.79 Å². The quantitative estimate of drug-likeness (QED) is 0.897. The Balaban J connectivity index is 2.56. The minimum atomic E-state index is -1.02. The van der Waals surface area contributed by atoms with Crippen molar-refractivity contribution in [1.82, 2.24) is 9.55 Å². The Hall–Kier alpha value is -2.30. The normalized spacial score (nSPS) is 10.4. The average molecular weight is 260 g/mol. The van der Waals surface area contributed by atoms with Crippen molar-refractivity contribution in [2.75, 3.05) is 7.11 Å². The zero-order chi connectivity index (χ0) is 13.8. The first-order valence-corrected chi connectivity index (χ1v) is 6.11. The van der Waals surface area contributed by atoms with Crippen LogP contribution in [0, 0.1) is 0 Å². The highest BCUT2D eigenvalue weighted by molar-refractivity contribution is 5.86. The van der Waals surface area contributed by atoms with Gasteiger partial charge in [-0.15, -0.1) is 0 Å². The molecule has 100 valence electrons. The van der Waals surface area contributed by atoms with Gasteiger partial charge in [-0.25, -0.2) is 9.78 Å². The molecule has 0 saturated carbocycles. The number of aromatic nitrogens is 2. The Bertz CT molecular complexity index is 590. The molecule has 19 heavy (non-hydrogen) atoms. The molecule has 0 fully saturated rings. The molecular weight excluding hydrogens is 244 g/mol. The van der Waals surface area contributed by atoms with Crippen LogP contribution in [0.4, 0.5) is 0 Å². The number of para-hydroxylation sites is 1. The monoisotopic (exact) mass is 260 g/mol. The lowest BCUT2D eigenvalue weighted by Crippen LogP contribution is -1.99. The third kappa shape index (κ3) is 2.59. The number of carboxylic acids is 1. The summed E-state index contributed by atoms with van der Waals surface area (Å²) in [5, 5.41) is 9.06. The number of methoxy groups -OCH3 is 1. The summed E-state index contributed by atoms with van der Waals surface area (Å²) in [5.74, 6) is 0.282. The molecule has 0 amide bonds. The SMILES string of the molecule is CCCn1cc(C(=O)O)nc1-c1ccccc1OC. The van der Waals surface area contributed by atoms with Gasteiger partial charge in [-0.05, 0) is 18.6 Å². The van der Waals surface area contributed by atoms with Crippen LogP contribution in [0.15, 0.2) is 30.5 Å². The molecule has 0 radical (unpaired) electrons. The van der Waals surface area contributed by atoms with E-state index in [1.165, 1.54) is 0 Å². The van der Waals surface area contributed by atoms with Crippen LogP contribution in [0.5, 0.6) is 5.75 Å². The number of imidazole rings is 1. The number of aromatic carboxylic acids is 1. The zero-order valence-corrected chi connectivity index (χ0v) is 11.0. The van der Waals surface area contributed by atoms with Crippen molar-refractivity contribution < 1.29 is 14.6 Å². The molecular formula is C14H16N2O3. The number of carboxylic acid groups (broad SMARTS) is 1. The zero-order valence-electron chi connectivity index (χ0n) is 11.0. The van der Waals surface area contributed by atoms with E-state index in [4.69, 9.17) is 9.84 Å². The van der Waals surface area contributed by atoms with Crippen molar-refractivity contribution in [3.63, 3.8) is 0 Å². The molecule has 1 aromatic carbocycles. The van der Waals surface area contributed by atoms with Gasteiger partial charge in [-0.3, -0.25) is 0 Å². The topological polar surface area (TPSA) is 64.4 Å². The predicted octanol–water partition coefficient (Wildman–Crippen LogP) is 2.67. The minimum absolute atomic E-state index is 0.0503. The first kappa shape index (κ1) is 13.1. The molecule has 1 aromatic heterocycles. The number of hydrogen-bond donors (Lipinski definition) is 1. The van der Waals surface area contributed by atoms with Gasteiger partial charge in [0.2, 0.25) is 0 Å². The van der Waals surface area contributed by atoms with Crippen LogP contribution in [0.25, 0.3) is 11.4 Å². The van der Waals surface area contributed by atoms with Crippen LogP contribution in [0.1, 0.15) is 23.8 Å². The van der Waals surface area contributed by atoms with Gasteiger partial charge in [-0.1, -0.05) is 19.1 Å². The molecule has 2 aromatic rings. The summed E-state index contributed by atoms with van der Waals surface area (Å²) in [6.45, 7) is 2.75. The van der Waals surface area contributed by atoms with Crippen molar-refractivity contribution in [3.8, 4) is 17.1 Å². The molecule has 2 rings (SSSR count). The molecule has 0 aliphatic rings. The van der Waals surface area contributed by atoms with Gasteiger partial charge in [0.25, 0.3) is 0 Å². The van der Waals surface area contributed by atoms with E-state index in [1.807, 2.05) is 35.8 Å². The summed E-state index contributed by atoms with van der Waals surface area (Å²) in [6.07, 6.45) is 2.46. The summed E-state index contributed by atoms with van der Waals surface area (Å²) in [6, 6.07) is 7.45. The Morgan fingerprint density at radius 1 is 1.42 bits per heavy atom. The van der Waals surface area contributed by atoms with E-state index in [-0.39, 0.29) is 5.69 Å². The molecule has 0 bridgehead atoms. The fourth-order valence-corrected chi connectivity index (χ4v) is 1.97. The minimum Gasteiger partial charge on any atom is -0.496 e. The maximum absolute atomic E-state index is 11.0. The van der Waals surface area contributed by atoms with E-state index in [1.54, 1.807) is 13.3 Å². The summed E-state index contributed by atoms with van der Waals surface area (Å²) < 4.78 is 7.15. The number of carbonyl (C=O) groups is 1. The molecule has 1 heterocycles. The number of ether oxygens (including phenoxy) is 1. The fraction of sp³-hybridized carbons (Fsp3) is 0.286. The molecule has 0 aliphatic heterocycles. The van der Waals surface area contributed by atoms with Crippen molar-refractivity contribution in [1.29, 1.82) is 0 Å². The van der Waals surface area contributed by atoms with Crippen LogP contribution in [0.3, 0.4) is 0 Å². The number of benzene rings is 1. The van der Waals surface area contributed by atoms with E-state index < -0.39 is 5.97 Å². The first-order valence-electron chi connectivity index (χ1n) is 6.11. The highest BCUT2D eigenvalue weighted by atomic mass is 16.5. The van der Waals surface area contributed by atoms with Crippen molar-refractivity contribution in [2.45, 2.75) is 19.9 Å². The van der Waals surface area contributed by atoms with Gasteiger partial charge >= 0.3 is 5.97 Å². The summed E-state index contributed by atoms with van der Waals surface area (Å²) in [5.41, 5.74) is 0.848. The Morgan fingerprint density at radius 2 is 2.16 bits per heavy atom. The van der Waals surface area contributed by atoms with Gasteiger partial charge in [0, 0.05) is 12.7 Å². The van der Waals surface area contributed by atoms with Gasteiger partial charge in [0.1, 0.15) is 11.6 Å². The third-order valence-corrected chi connectivity index (χ3v) is 2.81. The highest BCUT2D eigenvalue weighted by Gasteiger charge is 2.16. The molecule has 0 saturated heterocycles. The van der Waals surface area contributed by atoms with Crippen LogP contribution in [-0.2, 0) is 6.54 Å². The Morgan fingerprint density at radius 3 is 2.79 bits per heavy atom. The number of aryl methyl sites for hydroxylation is 1. The van der Waals surface area contributed by atoms with E-state index in [0.717, 1.165) is 12.0 Å². The lowest BCUT2D eigenvalue weighted by molar-refractivity contribution is 0.0691. The second-order valence-corrected chi connectivity index (χ2v) is 4.15. The number of nitrogens with zero attached hydrogens (tertiary/aromatic N) is 2. The second-order valence-electron chi connectivity index (χ2n) is 4.15. The maximum atomic E-state index is 11.0. The van der Waals surface area contributed by atoms with Crippen LogP contribution >= 0.6 is 0 Å². The van der Waals surface area contributed by atoms with Crippen LogP contribution < -0.4 is 4.74 Å². The van der Waals surface area contributed by atoms with Crippen molar-refractivity contribution in [2.24, 2.45) is 0 Å². The number of rotatable bonds is 5. The maximum Gasteiger partial charge on any atom is 0.356 e. The fourth-order valence-electron chi connectivity index (χ4n) is 1.97. The van der Waals surface area contributed by atoms with Crippen LogP contribution in [-0.4, -0.2) is 27.7 Å². The Kier molecular flexibility index (Phi) is 3.85. The van der Waals surface area contributed by atoms with Gasteiger partial charge < -0.3 is 14.4 Å². The smallest absolute Gasteiger partial charge is 0.356 e. The lowest BCUT2D eigenvalue weighted by atomic mass is 10.2. The van der Waals surface area contributed by atoms with Gasteiger partial charge in [-0.2, -0.15) is 0 Å². The van der Waals surface area contributed by atoms with E-state index >= 15 is 0 Å². The van der Waals surface area contributed by atoms with Crippen molar-refractivity contribution in [3.05, 3.63) is 36.2 Å². The van der Waals surface area contributed by atoms with E-state index in [0.29, 0.717) is 18.1 Å². The predicted molar refractivity (Wildman–Crippen MR) is 71.5 cm³/mol. The molecule has 0 spiro atoms. The van der Waals surface area contributed by atoms with Gasteiger partial charge in [0.15, 0.2) is 5.69 Å². The second kappa shape index (κ2) is 5.56. The summed E-state index contributed by atoms with van der Waals surface area (Å²) in [4.78, 5) is 15.2. The van der Waals surface area contributed by atoms with E-state index in [2.05, 4.69) is 4.98 Å². The van der Waals surface area contributed by atoms with Gasteiger partial charge in [0.05, 0.1) is 12.7 Å². The Labute approximate surface area is 111 Å². The molecule has 0 unspecified atom stereocenters. The summed E-state index contributed by atoms with van der Waals surface area (Å²) >= 11 is 0. The standard InChI is InChI=1S/C14H16N2O3/c1-3-8-16-9-11(14(17)18)15-13(16)10-6-4-5-7-12(10)19-2/h4-7,9H,3,8H2,1-2H3,(H,17,18). The average Bonchev–Trinajstić information content (AvgIpc) is 2.83. The molecule has 0 aliphatic carbocycles. The lowest BCUT2D eigenvalue weighted by Gasteiger charge is -2.09. The van der Waals surface area contributed by atoms with Crippen LogP contribution in [0.2, 0.25) is 0 Å². The molecule has 5 nitrogen and oxygen atoms in total. The molecule has 1 N–H and O–H groups in total. The molecule has 5 heteroatoms.